The number of nitrogens with one attached hydrogen (secondary N) is 1. The van der Waals surface area contributed by atoms with Crippen molar-refractivity contribution in [2.24, 2.45) is 5.92 Å². The summed E-state index contributed by atoms with van der Waals surface area (Å²) in [6, 6.07) is 0. The molecule has 0 spiro atoms. The molecule has 1 atom stereocenters. The Hall–Kier alpha value is 0.110. The Morgan fingerprint density at radius 3 is 2.40 bits per heavy atom. The Morgan fingerprint density at radius 2 is 1.80 bits per heavy atom. The molecule has 1 unspecified atom stereocenters. The fourth-order valence-corrected chi connectivity index (χ4v) is 2.56. The molecule has 0 heterocycles. The number of unbranched alkanes of at least 4 members (excludes halogenated alkanes) is 2. The van der Waals surface area contributed by atoms with Crippen molar-refractivity contribution < 1.29 is 4.21 Å². The van der Waals surface area contributed by atoms with Crippen molar-refractivity contribution in [1.29, 1.82) is 0 Å². The standard InChI is InChI=1S/C12H27NOS/c1-4-5-6-9-15(14)10-7-8-13-11-12(2)3/h12-13H,4-11H2,1-3H3. The van der Waals surface area contributed by atoms with Gasteiger partial charge in [-0.25, -0.2) is 0 Å². The second kappa shape index (κ2) is 10.6. The van der Waals surface area contributed by atoms with Crippen LogP contribution in [0.25, 0.3) is 0 Å². The molecule has 92 valence electrons. The molecule has 3 heteroatoms. The minimum absolute atomic E-state index is 0.576. The van der Waals surface area contributed by atoms with Gasteiger partial charge in [0.1, 0.15) is 0 Å². The van der Waals surface area contributed by atoms with Gasteiger partial charge in [-0.05, 0) is 31.8 Å². The van der Waals surface area contributed by atoms with Gasteiger partial charge in [-0.1, -0.05) is 33.6 Å². The SMILES string of the molecule is CCCCCS(=O)CCCNCC(C)C. The average molecular weight is 233 g/mol. The highest BCUT2D eigenvalue weighted by Gasteiger charge is 1.99. The molecule has 0 aromatic heterocycles. The van der Waals surface area contributed by atoms with E-state index in [1.165, 1.54) is 12.8 Å². The van der Waals surface area contributed by atoms with Crippen LogP contribution in [0.15, 0.2) is 0 Å². The smallest absolute Gasteiger partial charge is 0.0246 e. The monoisotopic (exact) mass is 233 g/mol. The van der Waals surface area contributed by atoms with Gasteiger partial charge < -0.3 is 5.32 Å². The van der Waals surface area contributed by atoms with Gasteiger partial charge in [0.25, 0.3) is 0 Å². The fraction of sp³-hybridized carbons (Fsp3) is 1.00. The maximum atomic E-state index is 11.5. The summed E-state index contributed by atoms with van der Waals surface area (Å²) in [5, 5.41) is 3.37. The van der Waals surface area contributed by atoms with Crippen LogP contribution < -0.4 is 5.32 Å². The Kier molecular flexibility index (Phi) is 10.7. The molecule has 0 saturated heterocycles. The van der Waals surface area contributed by atoms with Crippen molar-refractivity contribution in [1.82, 2.24) is 5.32 Å². The van der Waals surface area contributed by atoms with E-state index in [0.717, 1.165) is 37.4 Å². The van der Waals surface area contributed by atoms with Crippen molar-refractivity contribution in [3.63, 3.8) is 0 Å². The molecule has 0 fully saturated rings. The summed E-state index contributed by atoms with van der Waals surface area (Å²) in [6.07, 6.45) is 4.61. The van der Waals surface area contributed by atoms with E-state index in [1.807, 2.05) is 0 Å². The maximum Gasteiger partial charge on any atom is 0.0246 e. The highest BCUT2D eigenvalue weighted by atomic mass is 32.2. The molecule has 0 saturated carbocycles. The zero-order valence-corrected chi connectivity index (χ0v) is 11.4. The molecule has 0 rings (SSSR count). The summed E-state index contributed by atoms with van der Waals surface area (Å²) >= 11 is 0. The molecule has 0 aliphatic rings. The van der Waals surface area contributed by atoms with E-state index < -0.39 is 10.8 Å². The molecule has 0 amide bonds. The molecule has 15 heavy (non-hydrogen) atoms. The van der Waals surface area contributed by atoms with Gasteiger partial charge >= 0.3 is 0 Å². The lowest BCUT2D eigenvalue weighted by Gasteiger charge is -2.06. The van der Waals surface area contributed by atoms with Crippen LogP contribution >= 0.6 is 0 Å². The number of hydrogen-bond donors (Lipinski definition) is 1. The van der Waals surface area contributed by atoms with Gasteiger partial charge in [0, 0.05) is 22.3 Å². The Bertz CT molecular complexity index is 160. The summed E-state index contributed by atoms with van der Waals surface area (Å²) in [5.41, 5.74) is 0. The third-order valence-electron chi connectivity index (χ3n) is 2.25. The van der Waals surface area contributed by atoms with E-state index in [0.29, 0.717) is 5.92 Å². The third-order valence-corrected chi connectivity index (χ3v) is 3.74. The molecule has 0 aliphatic heterocycles. The van der Waals surface area contributed by atoms with Crippen LogP contribution in [0.2, 0.25) is 0 Å². The quantitative estimate of drug-likeness (QED) is 0.588. The van der Waals surface area contributed by atoms with Crippen molar-refractivity contribution in [2.75, 3.05) is 24.6 Å². The molecule has 2 nitrogen and oxygen atoms in total. The second-order valence-electron chi connectivity index (χ2n) is 4.51. The van der Waals surface area contributed by atoms with Crippen LogP contribution in [0.1, 0.15) is 46.5 Å². The van der Waals surface area contributed by atoms with Gasteiger partial charge in [-0.15, -0.1) is 0 Å². The fourth-order valence-electron chi connectivity index (χ4n) is 1.36. The molecule has 0 aromatic carbocycles. The number of hydrogen-bond acceptors (Lipinski definition) is 2. The highest BCUT2D eigenvalue weighted by molar-refractivity contribution is 7.84. The highest BCUT2D eigenvalue weighted by Crippen LogP contribution is 1.97. The van der Waals surface area contributed by atoms with Gasteiger partial charge in [-0.2, -0.15) is 0 Å². The van der Waals surface area contributed by atoms with E-state index in [-0.39, 0.29) is 0 Å². The maximum absolute atomic E-state index is 11.5. The van der Waals surface area contributed by atoms with Crippen LogP contribution in [0.4, 0.5) is 0 Å². The summed E-state index contributed by atoms with van der Waals surface area (Å²) in [5.74, 6) is 2.48. The molecule has 0 aliphatic carbocycles. The minimum atomic E-state index is -0.576. The predicted molar refractivity (Wildman–Crippen MR) is 69.7 cm³/mol. The molecule has 0 bridgehead atoms. The van der Waals surface area contributed by atoms with Crippen molar-refractivity contribution in [3.8, 4) is 0 Å². The molecule has 0 aromatic rings. The van der Waals surface area contributed by atoms with Crippen molar-refractivity contribution in [2.45, 2.75) is 46.5 Å². The first kappa shape index (κ1) is 15.1. The molecule has 0 radical (unpaired) electrons. The summed E-state index contributed by atoms with van der Waals surface area (Å²) < 4.78 is 11.5. The van der Waals surface area contributed by atoms with E-state index in [4.69, 9.17) is 0 Å². The van der Waals surface area contributed by atoms with Gasteiger partial charge in [0.15, 0.2) is 0 Å². The van der Waals surface area contributed by atoms with Crippen LogP contribution in [0.3, 0.4) is 0 Å². The average Bonchev–Trinajstić information content (AvgIpc) is 2.17. The zero-order valence-electron chi connectivity index (χ0n) is 10.6. The van der Waals surface area contributed by atoms with Gasteiger partial charge in [-0.3, -0.25) is 4.21 Å². The van der Waals surface area contributed by atoms with Crippen LogP contribution in [-0.4, -0.2) is 28.8 Å². The van der Waals surface area contributed by atoms with E-state index in [9.17, 15) is 4.21 Å². The van der Waals surface area contributed by atoms with E-state index in [2.05, 4.69) is 26.1 Å². The third kappa shape index (κ3) is 12.0. The van der Waals surface area contributed by atoms with Crippen LogP contribution in [0.5, 0.6) is 0 Å². The summed E-state index contributed by atoms with van der Waals surface area (Å²) in [4.78, 5) is 0. The van der Waals surface area contributed by atoms with Crippen molar-refractivity contribution in [3.05, 3.63) is 0 Å². The molecular weight excluding hydrogens is 206 g/mol. The van der Waals surface area contributed by atoms with Crippen LogP contribution in [-0.2, 0) is 10.8 Å². The Labute approximate surface area is 97.7 Å². The van der Waals surface area contributed by atoms with Gasteiger partial charge in [0.2, 0.25) is 0 Å². The van der Waals surface area contributed by atoms with Gasteiger partial charge in [0.05, 0.1) is 0 Å². The normalized spacial score (nSPS) is 13.3. The first-order valence-electron chi connectivity index (χ1n) is 6.22. The lowest BCUT2D eigenvalue weighted by atomic mass is 10.2. The second-order valence-corrected chi connectivity index (χ2v) is 6.20. The zero-order chi connectivity index (χ0) is 11.5. The first-order chi connectivity index (χ1) is 7.16. The molecular formula is C12H27NOS. The van der Waals surface area contributed by atoms with E-state index in [1.54, 1.807) is 0 Å². The Balaban J connectivity index is 3.17. The predicted octanol–water partition coefficient (Wildman–Crippen LogP) is 2.56. The summed E-state index contributed by atoms with van der Waals surface area (Å²) in [7, 11) is -0.576. The lowest BCUT2D eigenvalue weighted by Crippen LogP contribution is -2.22. The van der Waals surface area contributed by atoms with Crippen LogP contribution in [0, 0.1) is 5.92 Å². The Morgan fingerprint density at radius 1 is 1.13 bits per heavy atom. The van der Waals surface area contributed by atoms with E-state index >= 15 is 0 Å². The molecule has 1 N–H and O–H groups in total. The lowest BCUT2D eigenvalue weighted by molar-refractivity contribution is 0.550. The largest absolute Gasteiger partial charge is 0.316 e. The topological polar surface area (TPSA) is 29.1 Å². The first-order valence-corrected chi connectivity index (χ1v) is 7.71. The summed E-state index contributed by atoms with van der Waals surface area (Å²) in [6.45, 7) is 8.67. The minimum Gasteiger partial charge on any atom is -0.316 e. The van der Waals surface area contributed by atoms with Crippen molar-refractivity contribution >= 4 is 10.8 Å². The number of rotatable bonds is 10.